The van der Waals surface area contributed by atoms with Crippen LogP contribution in [-0.2, 0) is 0 Å². The number of hydrogen-bond donors (Lipinski definition) is 2. The van der Waals surface area contributed by atoms with Gasteiger partial charge in [0.15, 0.2) is 0 Å². The summed E-state index contributed by atoms with van der Waals surface area (Å²) >= 11 is 0. The molecule has 0 saturated carbocycles. The maximum Gasteiger partial charge on any atom is 0.142 e. The highest BCUT2D eigenvalue weighted by Gasteiger charge is 2.30. The third-order valence-electron chi connectivity index (χ3n) is 5.82. The molecule has 0 atom stereocenters. The van der Waals surface area contributed by atoms with Crippen molar-refractivity contribution in [2.24, 2.45) is 11.7 Å². The molecule has 0 radical (unpaired) electrons. The number of ether oxygens (including phenoxy) is 1. The van der Waals surface area contributed by atoms with Gasteiger partial charge in [-0.25, -0.2) is 9.37 Å². The van der Waals surface area contributed by atoms with E-state index in [-0.39, 0.29) is 5.82 Å². The molecule has 158 valence electrons. The number of anilines is 1. The van der Waals surface area contributed by atoms with Crippen LogP contribution in [0, 0.1) is 18.7 Å². The van der Waals surface area contributed by atoms with E-state index in [4.69, 9.17) is 15.5 Å². The smallest absolute Gasteiger partial charge is 0.142 e. The predicted molar refractivity (Wildman–Crippen MR) is 121 cm³/mol. The summed E-state index contributed by atoms with van der Waals surface area (Å²) in [5.41, 5.74) is 12.0. The Bertz CT molecular complexity index is 1240. The number of rotatable bonds is 5. The Kier molecular flexibility index (Phi) is 4.82. The molecule has 1 aliphatic heterocycles. The normalized spacial score (nSPS) is 14.1. The molecule has 0 bridgehead atoms. The second-order valence-electron chi connectivity index (χ2n) is 8.08. The lowest BCUT2D eigenvalue weighted by Gasteiger charge is -2.42. The van der Waals surface area contributed by atoms with Crippen molar-refractivity contribution in [3.05, 3.63) is 60.2 Å². The first-order chi connectivity index (χ1) is 15.1. The van der Waals surface area contributed by atoms with Crippen molar-refractivity contribution in [3.63, 3.8) is 0 Å². The van der Waals surface area contributed by atoms with Crippen LogP contribution < -0.4 is 15.4 Å². The van der Waals surface area contributed by atoms with Crippen molar-refractivity contribution < 1.29 is 9.13 Å². The molecule has 0 amide bonds. The van der Waals surface area contributed by atoms with Gasteiger partial charge >= 0.3 is 0 Å². The summed E-state index contributed by atoms with van der Waals surface area (Å²) < 4.78 is 19.5. The maximum absolute atomic E-state index is 14.2. The van der Waals surface area contributed by atoms with Gasteiger partial charge in [-0.1, -0.05) is 6.07 Å². The molecule has 3 heterocycles. The van der Waals surface area contributed by atoms with Gasteiger partial charge < -0.3 is 20.4 Å². The van der Waals surface area contributed by atoms with Crippen molar-refractivity contribution in [1.29, 1.82) is 0 Å². The molecule has 6 nitrogen and oxygen atoms in total. The highest BCUT2D eigenvalue weighted by molar-refractivity contribution is 5.91. The number of aromatic nitrogens is 3. The summed E-state index contributed by atoms with van der Waals surface area (Å²) in [5.74, 6) is 1.66. The van der Waals surface area contributed by atoms with Crippen LogP contribution in [0.1, 0.15) is 5.56 Å². The summed E-state index contributed by atoms with van der Waals surface area (Å²) in [6.07, 6.45) is 3.62. The molecule has 3 N–H and O–H groups in total. The second kappa shape index (κ2) is 7.67. The summed E-state index contributed by atoms with van der Waals surface area (Å²) in [6.45, 7) is 4.24. The summed E-state index contributed by atoms with van der Waals surface area (Å²) in [7, 11) is 1.64. The van der Waals surface area contributed by atoms with Crippen molar-refractivity contribution >= 4 is 16.7 Å². The van der Waals surface area contributed by atoms with Crippen LogP contribution in [0.5, 0.6) is 5.75 Å². The fraction of sp³-hybridized carbons (Fsp3) is 0.250. The van der Waals surface area contributed by atoms with Crippen molar-refractivity contribution in [2.75, 3.05) is 31.6 Å². The molecule has 31 heavy (non-hydrogen) atoms. The lowest BCUT2D eigenvalue weighted by molar-refractivity contribution is 0.415. The summed E-state index contributed by atoms with van der Waals surface area (Å²) in [5, 5.41) is 0. The van der Waals surface area contributed by atoms with Crippen LogP contribution in [0.2, 0.25) is 0 Å². The van der Waals surface area contributed by atoms with Gasteiger partial charge in [-0.15, -0.1) is 0 Å². The minimum atomic E-state index is -0.259. The molecule has 1 aliphatic rings. The van der Waals surface area contributed by atoms with Gasteiger partial charge in [0, 0.05) is 43.0 Å². The lowest BCUT2D eigenvalue weighted by Crippen LogP contribution is -2.50. The van der Waals surface area contributed by atoms with Crippen molar-refractivity contribution in [1.82, 2.24) is 15.0 Å². The van der Waals surface area contributed by atoms with E-state index >= 15 is 0 Å². The van der Waals surface area contributed by atoms with Gasteiger partial charge in [-0.3, -0.25) is 4.98 Å². The minimum absolute atomic E-state index is 0.259. The second-order valence-corrected chi connectivity index (χ2v) is 8.08. The van der Waals surface area contributed by atoms with Crippen LogP contribution in [0.25, 0.3) is 33.5 Å². The Labute approximate surface area is 179 Å². The van der Waals surface area contributed by atoms with Crippen LogP contribution >= 0.6 is 0 Å². The first-order valence-electron chi connectivity index (χ1n) is 10.3. The van der Waals surface area contributed by atoms with Gasteiger partial charge in [-0.2, -0.15) is 0 Å². The highest BCUT2D eigenvalue weighted by Crippen LogP contribution is 2.41. The van der Waals surface area contributed by atoms with Crippen LogP contribution in [0.15, 0.2) is 48.8 Å². The number of benzene rings is 2. The average molecular weight is 417 g/mol. The first kappa shape index (κ1) is 19.5. The third kappa shape index (κ3) is 3.51. The number of methoxy groups -OCH3 is 1. The largest absolute Gasteiger partial charge is 0.497 e. The van der Waals surface area contributed by atoms with Crippen molar-refractivity contribution in [3.8, 4) is 28.3 Å². The monoisotopic (exact) mass is 417 g/mol. The van der Waals surface area contributed by atoms with E-state index < -0.39 is 0 Å². The Balaban J connectivity index is 1.68. The maximum atomic E-state index is 14.2. The highest BCUT2D eigenvalue weighted by atomic mass is 19.1. The number of imidazole rings is 1. The topological polar surface area (TPSA) is 80.1 Å². The standard InChI is InChI=1S/C24H24FN5O/c1-14-5-16(7-17(25)6-14)19-10-27-11-20(23(19)30-12-15(9-26)13-30)24-28-21-4-3-18(31-2)8-22(21)29-24/h3-8,10-11,15H,9,12-13,26H2,1-2H3,(H,28,29). The quantitative estimate of drug-likeness (QED) is 0.510. The van der Waals surface area contributed by atoms with Gasteiger partial charge in [0.25, 0.3) is 0 Å². The number of nitrogens with zero attached hydrogens (tertiary/aromatic N) is 3. The fourth-order valence-electron chi connectivity index (χ4n) is 4.21. The molecule has 0 unspecified atom stereocenters. The average Bonchev–Trinajstić information content (AvgIpc) is 3.15. The molecule has 1 fully saturated rings. The molecule has 5 rings (SSSR count). The van der Waals surface area contributed by atoms with E-state index in [0.717, 1.165) is 63.6 Å². The molecule has 0 spiro atoms. The third-order valence-corrected chi connectivity index (χ3v) is 5.82. The van der Waals surface area contributed by atoms with E-state index in [1.165, 1.54) is 6.07 Å². The van der Waals surface area contributed by atoms with Gasteiger partial charge in [0.05, 0.1) is 29.4 Å². The zero-order valence-corrected chi connectivity index (χ0v) is 17.5. The van der Waals surface area contributed by atoms with Crippen molar-refractivity contribution in [2.45, 2.75) is 6.92 Å². The number of fused-ring (bicyclic) bond motifs is 1. The number of pyridine rings is 1. The zero-order chi connectivity index (χ0) is 21.5. The van der Waals surface area contributed by atoms with E-state index in [0.29, 0.717) is 12.5 Å². The molecule has 4 aromatic rings. The predicted octanol–water partition coefficient (Wildman–Crippen LogP) is 4.14. The molecule has 2 aromatic heterocycles. The Morgan fingerprint density at radius 2 is 1.97 bits per heavy atom. The van der Waals surface area contributed by atoms with Gasteiger partial charge in [0.1, 0.15) is 17.4 Å². The Morgan fingerprint density at radius 3 is 2.71 bits per heavy atom. The fourth-order valence-corrected chi connectivity index (χ4v) is 4.21. The van der Waals surface area contributed by atoms with Crippen LogP contribution in [-0.4, -0.2) is 41.7 Å². The van der Waals surface area contributed by atoms with Gasteiger partial charge in [0.2, 0.25) is 0 Å². The first-order valence-corrected chi connectivity index (χ1v) is 10.3. The van der Waals surface area contributed by atoms with E-state index in [9.17, 15) is 4.39 Å². The molecule has 0 aliphatic carbocycles. The minimum Gasteiger partial charge on any atom is -0.497 e. The molecular weight excluding hydrogens is 393 g/mol. The number of aryl methyl sites for hydroxylation is 1. The summed E-state index contributed by atoms with van der Waals surface area (Å²) in [4.78, 5) is 15.0. The SMILES string of the molecule is COc1ccc2[nH]c(-c3cncc(-c4cc(C)cc(F)c4)c3N3CC(CN)C3)nc2c1. The molecular formula is C24H24FN5O. The van der Waals surface area contributed by atoms with Gasteiger partial charge in [-0.05, 0) is 48.9 Å². The zero-order valence-electron chi connectivity index (χ0n) is 17.5. The van der Waals surface area contributed by atoms with E-state index in [1.54, 1.807) is 19.4 Å². The Morgan fingerprint density at radius 1 is 1.16 bits per heavy atom. The number of halogens is 1. The van der Waals surface area contributed by atoms with E-state index in [2.05, 4.69) is 14.9 Å². The molecule has 2 aromatic carbocycles. The Hall–Kier alpha value is -3.45. The van der Waals surface area contributed by atoms with E-state index in [1.807, 2.05) is 37.4 Å². The van der Waals surface area contributed by atoms with Crippen LogP contribution in [0.3, 0.4) is 0 Å². The number of aromatic amines is 1. The molecule has 7 heteroatoms. The van der Waals surface area contributed by atoms with Crippen LogP contribution in [0.4, 0.5) is 10.1 Å². The number of H-pyrrole nitrogens is 1. The lowest BCUT2D eigenvalue weighted by atomic mass is 9.94. The summed E-state index contributed by atoms with van der Waals surface area (Å²) in [6, 6.07) is 10.8. The number of hydrogen-bond acceptors (Lipinski definition) is 5. The molecule has 1 saturated heterocycles. The number of nitrogens with two attached hydrogens (primary N) is 1. The number of nitrogens with one attached hydrogen (secondary N) is 1.